The highest BCUT2D eigenvalue weighted by molar-refractivity contribution is 5.66. The molecule has 3 nitrogen and oxygen atoms in total. The lowest BCUT2D eigenvalue weighted by molar-refractivity contribution is -0.137. The summed E-state index contributed by atoms with van der Waals surface area (Å²) in [6, 6.07) is 0. The van der Waals surface area contributed by atoms with Gasteiger partial charge in [0.15, 0.2) is 0 Å². The molecule has 0 aromatic rings. The SMILES string of the molecule is CC1CCC(OCCCCCC(=O)O)CC1. The smallest absolute Gasteiger partial charge is 0.303 e. The zero-order valence-electron chi connectivity index (χ0n) is 10.3. The van der Waals surface area contributed by atoms with Crippen LogP contribution in [0.1, 0.15) is 58.3 Å². The molecule has 94 valence electrons. The van der Waals surface area contributed by atoms with Gasteiger partial charge in [-0.25, -0.2) is 0 Å². The molecule has 0 aromatic carbocycles. The highest BCUT2D eigenvalue weighted by atomic mass is 16.5. The standard InChI is InChI=1S/C13H24O3/c1-11-6-8-12(9-7-11)16-10-4-2-3-5-13(14)15/h11-12H,2-10H2,1H3,(H,14,15). The number of carboxylic acids is 1. The number of aliphatic carboxylic acids is 1. The fourth-order valence-electron chi connectivity index (χ4n) is 2.20. The molecule has 0 amide bonds. The predicted molar refractivity (Wildman–Crippen MR) is 63.5 cm³/mol. The van der Waals surface area contributed by atoms with E-state index >= 15 is 0 Å². The van der Waals surface area contributed by atoms with Crippen LogP contribution in [0.15, 0.2) is 0 Å². The number of ether oxygens (including phenoxy) is 1. The molecule has 0 aliphatic heterocycles. The van der Waals surface area contributed by atoms with Crippen molar-refractivity contribution >= 4 is 5.97 Å². The summed E-state index contributed by atoms with van der Waals surface area (Å²) in [7, 11) is 0. The van der Waals surface area contributed by atoms with Crippen LogP contribution in [0.5, 0.6) is 0 Å². The number of unbranched alkanes of at least 4 members (excludes halogenated alkanes) is 2. The average Bonchev–Trinajstić information content (AvgIpc) is 2.25. The third-order valence-corrected chi connectivity index (χ3v) is 3.35. The maximum atomic E-state index is 10.3. The Bertz CT molecular complexity index is 195. The molecule has 1 rings (SSSR count). The summed E-state index contributed by atoms with van der Waals surface area (Å²) >= 11 is 0. The van der Waals surface area contributed by atoms with Gasteiger partial charge in [-0.1, -0.05) is 13.3 Å². The lowest BCUT2D eigenvalue weighted by Gasteiger charge is -2.26. The Hall–Kier alpha value is -0.570. The highest BCUT2D eigenvalue weighted by Crippen LogP contribution is 2.25. The second-order valence-corrected chi connectivity index (χ2v) is 4.96. The molecule has 0 spiro atoms. The van der Waals surface area contributed by atoms with Gasteiger partial charge in [0, 0.05) is 13.0 Å². The maximum absolute atomic E-state index is 10.3. The fraction of sp³-hybridized carbons (Fsp3) is 0.923. The van der Waals surface area contributed by atoms with Crippen LogP contribution < -0.4 is 0 Å². The van der Waals surface area contributed by atoms with Gasteiger partial charge in [0.2, 0.25) is 0 Å². The molecule has 0 bridgehead atoms. The molecule has 1 fully saturated rings. The fourth-order valence-corrected chi connectivity index (χ4v) is 2.20. The molecule has 0 aromatic heterocycles. The molecule has 0 saturated heterocycles. The minimum Gasteiger partial charge on any atom is -0.481 e. The van der Waals surface area contributed by atoms with Crippen molar-refractivity contribution < 1.29 is 14.6 Å². The van der Waals surface area contributed by atoms with Gasteiger partial charge in [0.05, 0.1) is 6.10 Å². The number of carboxylic acid groups (broad SMARTS) is 1. The van der Waals surface area contributed by atoms with Crippen LogP contribution in [0.3, 0.4) is 0 Å². The third-order valence-electron chi connectivity index (χ3n) is 3.35. The summed E-state index contributed by atoms with van der Waals surface area (Å²) in [5.74, 6) is 0.178. The van der Waals surface area contributed by atoms with E-state index in [1.807, 2.05) is 0 Å². The Morgan fingerprint density at radius 3 is 2.50 bits per heavy atom. The van der Waals surface area contributed by atoms with E-state index in [2.05, 4.69) is 6.92 Å². The zero-order valence-corrected chi connectivity index (χ0v) is 10.3. The van der Waals surface area contributed by atoms with Crippen LogP contribution in [0.25, 0.3) is 0 Å². The molecule has 1 N–H and O–H groups in total. The molecular weight excluding hydrogens is 204 g/mol. The molecule has 16 heavy (non-hydrogen) atoms. The van der Waals surface area contributed by atoms with E-state index in [0.717, 1.165) is 31.8 Å². The van der Waals surface area contributed by atoms with E-state index in [1.165, 1.54) is 25.7 Å². The van der Waals surface area contributed by atoms with E-state index in [4.69, 9.17) is 9.84 Å². The summed E-state index contributed by atoms with van der Waals surface area (Å²) in [5.41, 5.74) is 0. The van der Waals surface area contributed by atoms with Gasteiger partial charge in [-0.15, -0.1) is 0 Å². The minimum atomic E-state index is -0.692. The summed E-state index contributed by atoms with van der Waals surface area (Å²) in [6.07, 6.45) is 8.51. The second-order valence-electron chi connectivity index (χ2n) is 4.96. The molecule has 1 saturated carbocycles. The van der Waals surface area contributed by atoms with Crippen LogP contribution in [-0.4, -0.2) is 23.8 Å². The number of hydrogen-bond donors (Lipinski definition) is 1. The maximum Gasteiger partial charge on any atom is 0.303 e. The Kier molecular flexibility index (Phi) is 6.46. The first-order valence-corrected chi connectivity index (χ1v) is 6.52. The first-order valence-electron chi connectivity index (χ1n) is 6.52. The predicted octanol–water partition coefficient (Wildman–Crippen LogP) is 3.23. The summed E-state index contributed by atoms with van der Waals surface area (Å²) in [6.45, 7) is 3.11. The Labute approximate surface area is 98.2 Å². The lowest BCUT2D eigenvalue weighted by Crippen LogP contribution is -2.20. The zero-order chi connectivity index (χ0) is 11.8. The van der Waals surface area contributed by atoms with Gasteiger partial charge in [-0.2, -0.15) is 0 Å². The molecule has 3 heteroatoms. The van der Waals surface area contributed by atoms with Crippen molar-refractivity contribution in [2.75, 3.05) is 6.61 Å². The minimum absolute atomic E-state index is 0.293. The molecule has 0 heterocycles. The molecule has 0 atom stereocenters. The van der Waals surface area contributed by atoms with Crippen molar-refractivity contribution in [3.05, 3.63) is 0 Å². The summed E-state index contributed by atoms with van der Waals surface area (Å²) in [5, 5.41) is 8.47. The van der Waals surface area contributed by atoms with Crippen LogP contribution in [0, 0.1) is 5.92 Å². The van der Waals surface area contributed by atoms with E-state index in [9.17, 15) is 4.79 Å². The van der Waals surface area contributed by atoms with Crippen molar-refractivity contribution in [2.24, 2.45) is 5.92 Å². The first-order chi connectivity index (χ1) is 7.68. The Morgan fingerprint density at radius 2 is 1.88 bits per heavy atom. The average molecular weight is 228 g/mol. The van der Waals surface area contributed by atoms with Crippen molar-refractivity contribution in [3.63, 3.8) is 0 Å². The lowest BCUT2D eigenvalue weighted by atomic mass is 9.89. The molecule has 1 aliphatic carbocycles. The van der Waals surface area contributed by atoms with Crippen molar-refractivity contribution in [3.8, 4) is 0 Å². The van der Waals surface area contributed by atoms with Crippen LogP contribution in [0.2, 0.25) is 0 Å². The topological polar surface area (TPSA) is 46.5 Å². The molecular formula is C13H24O3. The molecule has 0 unspecified atom stereocenters. The van der Waals surface area contributed by atoms with Gasteiger partial charge in [-0.3, -0.25) is 4.79 Å². The van der Waals surface area contributed by atoms with E-state index in [1.54, 1.807) is 0 Å². The van der Waals surface area contributed by atoms with Crippen molar-refractivity contribution in [1.82, 2.24) is 0 Å². The quantitative estimate of drug-likeness (QED) is 0.680. The Morgan fingerprint density at radius 1 is 1.19 bits per heavy atom. The Balaban J connectivity index is 1.89. The molecule has 0 radical (unpaired) electrons. The normalized spacial score (nSPS) is 25.6. The highest BCUT2D eigenvalue weighted by Gasteiger charge is 2.17. The van der Waals surface area contributed by atoms with Crippen LogP contribution in [0.4, 0.5) is 0 Å². The largest absolute Gasteiger partial charge is 0.481 e. The number of rotatable bonds is 7. The van der Waals surface area contributed by atoms with Crippen molar-refractivity contribution in [1.29, 1.82) is 0 Å². The van der Waals surface area contributed by atoms with Gasteiger partial charge in [-0.05, 0) is 44.4 Å². The second kappa shape index (κ2) is 7.66. The van der Waals surface area contributed by atoms with Gasteiger partial charge < -0.3 is 9.84 Å². The van der Waals surface area contributed by atoms with E-state index < -0.39 is 5.97 Å². The van der Waals surface area contributed by atoms with Gasteiger partial charge in [0.1, 0.15) is 0 Å². The number of hydrogen-bond acceptors (Lipinski definition) is 2. The van der Waals surface area contributed by atoms with Crippen LogP contribution >= 0.6 is 0 Å². The summed E-state index contributed by atoms with van der Waals surface area (Å²) < 4.78 is 5.79. The van der Waals surface area contributed by atoms with Crippen LogP contribution in [-0.2, 0) is 9.53 Å². The van der Waals surface area contributed by atoms with Gasteiger partial charge in [0.25, 0.3) is 0 Å². The monoisotopic (exact) mass is 228 g/mol. The summed E-state index contributed by atoms with van der Waals surface area (Å²) in [4.78, 5) is 10.3. The van der Waals surface area contributed by atoms with E-state index in [-0.39, 0.29) is 0 Å². The first kappa shape index (κ1) is 13.5. The third kappa shape index (κ3) is 6.11. The van der Waals surface area contributed by atoms with Gasteiger partial charge >= 0.3 is 5.97 Å². The number of carbonyl (C=O) groups is 1. The van der Waals surface area contributed by atoms with E-state index in [0.29, 0.717) is 12.5 Å². The van der Waals surface area contributed by atoms with Crippen molar-refractivity contribution in [2.45, 2.75) is 64.4 Å². The molecule has 1 aliphatic rings.